The third-order valence-electron chi connectivity index (χ3n) is 10.7. The Morgan fingerprint density at radius 1 is 0.393 bits per heavy atom. The summed E-state index contributed by atoms with van der Waals surface area (Å²) in [6, 6.07) is 59.4. The molecule has 0 radical (unpaired) electrons. The van der Waals surface area contributed by atoms with E-state index in [1.54, 1.807) is 0 Å². The summed E-state index contributed by atoms with van der Waals surface area (Å²) in [6.45, 7) is 1.48. The molecule has 0 aliphatic carbocycles. The van der Waals surface area contributed by atoms with E-state index in [0.29, 0.717) is 0 Å². The van der Waals surface area contributed by atoms with Crippen LogP contribution < -0.4 is 19.5 Å². The van der Waals surface area contributed by atoms with Crippen LogP contribution >= 0.6 is 0 Å². The number of hydrazone groups is 2. The summed E-state index contributed by atoms with van der Waals surface area (Å²) in [4.78, 5) is 0. The van der Waals surface area contributed by atoms with Gasteiger partial charge in [0.05, 0.1) is 48.1 Å². The zero-order valence-corrected chi connectivity index (χ0v) is 32.0. The van der Waals surface area contributed by atoms with Crippen molar-refractivity contribution in [2.24, 2.45) is 10.2 Å². The van der Waals surface area contributed by atoms with E-state index in [1.165, 1.54) is 47.9 Å². The van der Waals surface area contributed by atoms with Crippen LogP contribution in [-0.4, -0.2) is 24.6 Å². The first-order valence-corrected chi connectivity index (χ1v) is 20.2. The van der Waals surface area contributed by atoms with Crippen molar-refractivity contribution in [2.45, 2.75) is 63.5 Å². The third-order valence-corrected chi connectivity index (χ3v) is 10.7. The predicted octanol–water partition coefficient (Wildman–Crippen LogP) is 12.2. The maximum Gasteiger partial charge on any atom is 0.119 e. The van der Waals surface area contributed by atoms with E-state index in [2.05, 4.69) is 168 Å². The van der Waals surface area contributed by atoms with Gasteiger partial charge in [-0.15, -0.1) is 0 Å². The largest absolute Gasteiger partial charge is 0.494 e. The maximum absolute atomic E-state index is 6.14. The second kappa shape index (κ2) is 18.5. The predicted molar refractivity (Wildman–Crippen MR) is 230 cm³/mol. The SMILES string of the molecule is c1ccc(C2=NN(c3ccccc3)C(c3ccc(OCCCCCCCCOc4ccc(C5CC(c6ccccc6)=NN5c5ccccc5)cc4)cc3)C2)cc1. The summed E-state index contributed by atoms with van der Waals surface area (Å²) in [5.74, 6) is 1.85. The van der Waals surface area contributed by atoms with Gasteiger partial charge >= 0.3 is 0 Å². The number of rotatable bonds is 17. The first kappa shape index (κ1) is 36.8. The number of para-hydroxylation sites is 2. The second-order valence-corrected chi connectivity index (χ2v) is 14.6. The Hall–Kier alpha value is -6.14. The molecule has 8 rings (SSSR count). The summed E-state index contributed by atoms with van der Waals surface area (Å²) >= 11 is 0. The van der Waals surface area contributed by atoms with E-state index >= 15 is 0 Å². The van der Waals surface area contributed by atoms with Gasteiger partial charge in [0.2, 0.25) is 0 Å². The number of anilines is 2. The first-order valence-electron chi connectivity index (χ1n) is 20.2. The summed E-state index contributed by atoms with van der Waals surface area (Å²) in [5, 5.41) is 14.5. The fourth-order valence-electron chi connectivity index (χ4n) is 7.65. The number of ether oxygens (including phenoxy) is 2. The van der Waals surface area contributed by atoms with E-state index in [0.717, 1.165) is 73.2 Å². The molecule has 2 aliphatic rings. The van der Waals surface area contributed by atoms with Crippen molar-refractivity contribution >= 4 is 22.8 Å². The fourth-order valence-corrected chi connectivity index (χ4v) is 7.65. The summed E-state index contributed by atoms with van der Waals surface area (Å²) in [7, 11) is 0. The van der Waals surface area contributed by atoms with Crippen LogP contribution in [0.15, 0.2) is 180 Å². The quantitative estimate of drug-likeness (QED) is 0.0874. The van der Waals surface area contributed by atoms with E-state index in [1.807, 2.05) is 12.1 Å². The van der Waals surface area contributed by atoms with Gasteiger partial charge in [-0.2, -0.15) is 10.2 Å². The lowest BCUT2D eigenvalue weighted by Gasteiger charge is -2.24. The molecule has 0 aromatic heterocycles. The van der Waals surface area contributed by atoms with Crippen LogP contribution in [0.5, 0.6) is 11.5 Å². The van der Waals surface area contributed by atoms with Crippen molar-refractivity contribution in [1.29, 1.82) is 0 Å². The highest BCUT2D eigenvalue weighted by Gasteiger charge is 2.31. The van der Waals surface area contributed by atoms with Gasteiger partial charge in [-0.1, -0.05) is 147 Å². The van der Waals surface area contributed by atoms with Gasteiger partial charge in [0.1, 0.15) is 11.5 Å². The van der Waals surface area contributed by atoms with Crippen molar-refractivity contribution in [3.05, 3.63) is 192 Å². The van der Waals surface area contributed by atoms with Crippen LogP contribution in [0.1, 0.15) is 85.7 Å². The van der Waals surface area contributed by atoms with Crippen molar-refractivity contribution in [3.8, 4) is 11.5 Å². The molecule has 2 heterocycles. The van der Waals surface area contributed by atoms with Crippen LogP contribution in [0.4, 0.5) is 11.4 Å². The molecule has 0 spiro atoms. The molecular formula is C50H50N4O2. The molecule has 0 saturated heterocycles. The standard InChI is InChI=1S/C50H50N4O2/c1(3-17-35-55-45-31-27-41(28-32-45)49-37-47(39-19-9-5-10-20-39)51-53(49)43-23-13-7-14-24-43)2-4-18-36-56-46-33-29-42(30-34-46)50-38-48(40-21-11-6-12-22-40)52-54(50)44-25-15-8-16-26-44/h5-16,19-34,49-50H,1-4,17-18,35-38H2. The molecule has 2 atom stereocenters. The Kier molecular flexibility index (Phi) is 12.1. The number of unbranched alkanes of at least 4 members (excludes halogenated alkanes) is 5. The number of hydrogen-bond acceptors (Lipinski definition) is 6. The average molecular weight is 739 g/mol. The normalized spacial score (nSPS) is 16.4. The minimum absolute atomic E-state index is 0.144. The molecule has 6 aromatic carbocycles. The molecule has 0 N–H and O–H groups in total. The lowest BCUT2D eigenvalue weighted by atomic mass is 9.98. The van der Waals surface area contributed by atoms with Crippen LogP contribution in [-0.2, 0) is 0 Å². The molecule has 2 unspecified atom stereocenters. The van der Waals surface area contributed by atoms with Gasteiger partial charge in [-0.3, -0.25) is 10.0 Å². The molecule has 0 saturated carbocycles. The lowest BCUT2D eigenvalue weighted by Crippen LogP contribution is -2.18. The molecule has 0 amide bonds. The highest BCUT2D eigenvalue weighted by molar-refractivity contribution is 6.04. The minimum Gasteiger partial charge on any atom is -0.494 e. The number of hydrogen-bond donors (Lipinski definition) is 0. The maximum atomic E-state index is 6.14. The summed E-state index contributed by atoms with van der Waals surface area (Å²) in [5.41, 5.74) is 9.26. The van der Waals surface area contributed by atoms with Gasteiger partial charge in [-0.05, 0) is 83.6 Å². The third kappa shape index (κ3) is 9.20. The minimum atomic E-state index is 0.144. The van der Waals surface area contributed by atoms with Crippen LogP contribution in [0.3, 0.4) is 0 Å². The molecule has 56 heavy (non-hydrogen) atoms. The van der Waals surface area contributed by atoms with E-state index in [4.69, 9.17) is 19.7 Å². The van der Waals surface area contributed by atoms with Gasteiger partial charge in [-0.25, -0.2) is 0 Å². The Labute approximate surface area is 331 Å². The smallest absolute Gasteiger partial charge is 0.119 e. The molecule has 6 aromatic rings. The van der Waals surface area contributed by atoms with Crippen molar-refractivity contribution in [3.63, 3.8) is 0 Å². The zero-order chi connectivity index (χ0) is 37.8. The molecular weight excluding hydrogens is 689 g/mol. The molecule has 6 heteroatoms. The molecule has 0 bridgehead atoms. The van der Waals surface area contributed by atoms with Gasteiger partial charge in [0.25, 0.3) is 0 Å². The highest BCUT2D eigenvalue weighted by Crippen LogP contribution is 2.38. The Morgan fingerprint density at radius 3 is 1.11 bits per heavy atom. The molecule has 2 aliphatic heterocycles. The monoisotopic (exact) mass is 738 g/mol. The molecule has 0 fully saturated rings. The average Bonchev–Trinajstić information content (AvgIpc) is 3.93. The van der Waals surface area contributed by atoms with Gasteiger partial charge in [0.15, 0.2) is 0 Å². The van der Waals surface area contributed by atoms with Crippen LogP contribution in [0, 0.1) is 0 Å². The van der Waals surface area contributed by atoms with Crippen molar-refractivity contribution in [1.82, 2.24) is 0 Å². The molecule has 6 nitrogen and oxygen atoms in total. The number of nitrogens with zero attached hydrogens (tertiary/aromatic N) is 4. The van der Waals surface area contributed by atoms with Crippen LogP contribution in [0.25, 0.3) is 0 Å². The van der Waals surface area contributed by atoms with Gasteiger partial charge in [0, 0.05) is 12.8 Å². The second-order valence-electron chi connectivity index (χ2n) is 14.6. The lowest BCUT2D eigenvalue weighted by molar-refractivity contribution is 0.297. The van der Waals surface area contributed by atoms with Gasteiger partial charge < -0.3 is 9.47 Å². The van der Waals surface area contributed by atoms with E-state index in [9.17, 15) is 0 Å². The van der Waals surface area contributed by atoms with Crippen LogP contribution in [0.2, 0.25) is 0 Å². The van der Waals surface area contributed by atoms with Crippen molar-refractivity contribution < 1.29 is 9.47 Å². The Bertz CT molecular complexity index is 2000. The Morgan fingerprint density at radius 2 is 0.732 bits per heavy atom. The summed E-state index contributed by atoms with van der Waals surface area (Å²) < 4.78 is 12.3. The zero-order valence-electron chi connectivity index (χ0n) is 32.0. The Balaban J connectivity index is 0.731. The van der Waals surface area contributed by atoms with E-state index < -0.39 is 0 Å². The number of benzene rings is 6. The van der Waals surface area contributed by atoms with Crippen molar-refractivity contribution in [2.75, 3.05) is 23.2 Å². The van der Waals surface area contributed by atoms with E-state index in [-0.39, 0.29) is 12.1 Å². The first-order chi connectivity index (χ1) is 27.8. The highest BCUT2D eigenvalue weighted by atomic mass is 16.5. The topological polar surface area (TPSA) is 49.7 Å². The fraction of sp³-hybridized carbons (Fsp3) is 0.240. The molecule has 282 valence electrons. The summed E-state index contributed by atoms with van der Waals surface area (Å²) in [6.07, 6.45) is 8.61.